The van der Waals surface area contributed by atoms with Gasteiger partial charge in [-0.1, -0.05) is 60.3 Å². The molecule has 32 heavy (non-hydrogen) atoms. The number of nitrogens with zero attached hydrogens (tertiary/aromatic N) is 4. The van der Waals surface area contributed by atoms with Crippen molar-refractivity contribution in [2.45, 2.75) is 36.7 Å². The van der Waals surface area contributed by atoms with Crippen molar-refractivity contribution in [2.75, 3.05) is 6.54 Å². The number of hydrogen-bond acceptors (Lipinski definition) is 5. The normalized spacial score (nSPS) is 14.2. The third-order valence-electron chi connectivity index (χ3n) is 5.70. The van der Waals surface area contributed by atoms with E-state index in [0.717, 1.165) is 29.6 Å². The lowest BCUT2D eigenvalue weighted by Crippen LogP contribution is -2.40. The van der Waals surface area contributed by atoms with Crippen molar-refractivity contribution < 1.29 is 4.79 Å². The van der Waals surface area contributed by atoms with Crippen LogP contribution in [-0.2, 0) is 24.2 Å². The van der Waals surface area contributed by atoms with E-state index in [2.05, 4.69) is 62.6 Å². The molecule has 1 aliphatic rings. The monoisotopic (exact) mass is 460 g/mol. The molecule has 0 radical (unpaired) electrons. The van der Waals surface area contributed by atoms with Gasteiger partial charge in [0.15, 0.2) is 5.16 Å². The number of amides is 1. The number of carbonyl (C=O) groups is 1. The number of fused-ring (bicyclic) bond motifs is 1. The van der Waals surface area contributed by atoms with Crippen LogP contribution in [0.2, 0.25) is 0 Å². The maximum Gasteiger partial charge on any atom is 0.236 e. The first-order valence-corrected chi connectivity index (χ1v) is 12.5. The van der Waals surface area contributed by atoms with E-state index >= 15 is 0 Å². The Balaban J connectivity index is 1.37. The van der Waals surface area contributed by atoms with Crippen LogP contribution in [0.15, 0.2) is 77.3 Å². The zero-order valence-electron chi connectivity index (χ0n) is 17.8. The maximum atomic E-state index is 13.3. The van der Waals surface area contributed by atoms with Crippen molar-refractivity contribution in [2.24, 2.45) is 0 Å². The molecule has 2 aromatic heterocycles. The second-order valence-electron chi connectivity index (χ2n) is 7.86. The van der Waals surface area contributed by atoms with Gasteiger partial charge in [-0.2, -0.15) is 0 Å². The second kappa shape index (κ2) is 9.30. The standard InChI is InChI=1S/C25H24N4OS2/c1-18(24(30)28-14-13-19-8-5-6-9-20(19)17-28)32-25-27-26-23(16-22-12-7-15-31-22)29(25)21-10-3-2-4-11-21/h2-12,15,18H,13-14,16-17H2,1H3. The van der Waals surface area contributed by atoms with Gasteiger partial charge in [0.05, 0.1) is 5.25 Å². The smallest absolute Gasteiger partial charge is 0.236 e. The molecule has 0 saturated heterocycles. The summed E-state index contributed by atoms with van der Waals surface area (Å²) < 4.78 is 2.08. The summed E-state index contributed by atoms with van der Waals surface area (Å²) in [5, 5.41) is 11.6. The highest BCUT2D eigenvalue weighted by Crippen LogP contribution is 2.29. The van der Waals surface area contributed by atoms with Gasteiger partial charge in [-0.25, -0.2) is 0 Å². The fraction of sp³-hybridized carbons (Fsp3) is 0.240. The quantitative estimate of drug-likeness (QED) is 0.381. The van der Waals surface area contributed by atoms with Gasteiger partial charge in [-0.15, -0.1) is 21.5 Å². The van der Waals surface area contributed by atoms with Crippen molar-refractivity contribution in [3.63, 3.8) is 0 Å². The fourth-order valence-electron chi connectivity index (χ4n) is 4.05. The first kappa shape index (κ1) is 21.0. The zero-order valence-corrected chi connectivity index (χ0v) is 19.5. The highest BCUT2D eigenvalue weighted by Gasteiger charge is 2.27. The third kappa shape index (κ3) is 4.36. The van der Waals surface area contributed by atoms with Crippen molar-refractivity contribution in [3.8, 4) is 5.69 Å². The molecule has 5 rings (SSSR count). The molecular weight excluding hydrogens is 436 g/mol. The fourth-order valence-corrected chi connectivity index (χ4v) is 5.72. The lowest BCUT2D eigenvalue weighted by Gasteiger charge is -2.30. The summed E-state index contributed by atoms with van der Waals surface area (Å²) >= 11 is 3.20. The Morgan fingerprint density at radius 1 is 1.03 bits per heavy atom. The molecule has 0 N–H and O–H groups in total. The van der Waals surface area contributed by atoms with Gasteiger partial charge < -0.3 is 4.90 Å². The number of thiophene rings is 1. The summed E-state index contributed by atoms with van der Waals surface area (Å²) in [4.78, 5) is 16.5. The first-order chi connectivity index (χ1) is 15.7. The molecule has 1 atom stereocenters. The first-order valence-electron chi connectivity index (χ1n) is 10.7. The number of aromatic nitrogens is 3. The Hall–Kier alpha value is -2.90. The maximum absolute atomic E-state index is 13.3. The number of hydrogen-bond donors (Lipinski definition) is 0. The molecule has 2 aromatic carbocycles. The molecule has 7 heteroatoms. The van der Waals surface area contributed by atoms with Crippen LogP contribution in [0, 0.1) is 0 Å². The van der Waals surface area contributed by atoms with E-state index < -0.39 is 0 Å². The SMILES string of the molecule is CC(Sc1nnc(Cc2cccs2)n1-c1ccccc1)C(=O)N1CCc2ccccc2C1. The molecule has 1 unspecified atom stereocenters. The molecule has 0 fully saturated rings. The number of rotatable bonds is 6. The third-order valence-corrected chi connectivity index (χ3v) is 7.61. The second-order valence-corrected chi connectivity index (χ2v) is 10.2. The van der Waals surface area contributed by atoms with Gasteiger partial charge >= 0.3 is 0 Å². The van der Waals surface area contributed by atoms with Crippen LogP contribution < -0.4 is 0 Å². The summed E-state index contributed by atoms with van der Waals surface area (Å²) in [5.74, 6) is 1.03. The van der Waals surface area contributed by atoms with Crippen LogP contribution in [0.4, 0.5) is 0 Å². The Labute approximate surface area is 196 Å². The molecule has 0 spiro atoms. The lowest BCUT2D eigenvalue weighted by atomic mass is 10.00. The average molecular weight is 461 g/mol. The number of thioether (sulfide) groups is 1. The van der Waals surface area contributed by atoms with Crippen LogP contribution in [0.3, 0.4) is 0 Å². The number of carbonyl (C=O) groups excluding carboxylic acids is 1. The minimum Gasteiger partial charge on any atom is -0.337 e. The largest absolute Gasteiger partial charge is 0.337 e. The van der Waals surface area contributed by atoms with Crippen LogP contribution in [0.5, 0.6) is 0 Å². The van der Waals surface area contributed by atoms with Gasteiger partial charge in [0, 0.05) is 30.1 Å². The Morgan fingerprint density at radius 2 is 1.81 bits per heavy atom. The lowest BCUT2D eigenvalue weighted by molar-refractivity contribution is -0.131. The summed E-state index contributed by atoms with van der Waals surface area (Å²) in [6.45, 7) is 3.40. The van der Waals surface area contributed by atoms with E-state index in [4.69, 9.17) is 0 Å². The minimum atomic E-state index is -0.249. The summed E-state index contributed by atoms with van der Waals surface area (Å²) in [6.07, 6.45) is 1.62. The highest BCUT2D eigenvalue weighted by molar-refractivity contribution is 8.00. The molecule has 0 aliphatic carbocycles. The van der Waals surface area contributed by atoms with Gasteiger partial charge in [0.2, 0.25) is 5.91 Å². The van der Waals surface area contributed by atoms with Gasteiger partial charge in [-0.3, -0.25) is 9.36 Å². The molecule has 4 aromatic rings. The molecule has 0 saturated carbocycles. The van der Waals surface area contributed by atoms with E-state index in [0.29, 0.717) is 13.0 Å². The minimum absolute atomic E-state index is 0.145. The number of para-hydroxylation sites is 1. The van der Waals surface area contributed by atoms with Crippen LogP contribution >= 0.6 is 23.1 Å². The summed E-state index contributed by atoms with van der Waals surface area (Å²) in [6, 6.07) is 22.7. The van der Waals surface area contributed by atoms with E-state index in [9.17, 15) is 4.79 Å². The zero-order chi connectivity index (χ0) is 21.9. The average Bonchev–Trinajstić information content (AvgIpc) is 3.49. The van der Waals surface area contributed by atoms with Crippen LogP contribution in [0.25, 0.3) is 5.69 Å². The van der Waals surface area contributed by atoms with Crippen molar-refractivity contribution >= 4 is 29.0 Å². The topological polar surface area (TPSA) is 51.0 Å². The molecule has 0 bridgehead atoms. The van der Waals surface area contributed by atoms with Crippen LogP contribution in [-0.4, -0.2) is 37.4 Å². The van der Waals surface area contributed by atoms with Crippen LogP contribution in [0.1, 0.15) is 28.8 Å². The molecule has 162 valence electrons. The molecule has 3 heterocycles. The number of benzene rings is 2. The van der Waals surface area contributed by atoms with Gasteiger partial charge in [-0.05, 0) is 48.1 Å². The Morgan fingerprint density at radius 3 is 2.59 bits per heavy atom. The van der Waals surface area contributed by atoms with E-state index in [-0.39, 0.29) is 11.2 Å². The highest BCUT2D eigenvalue weighted by atomic mass is 32.2. The van der Waals surface area contributed by atoms with Crippen molar-refractivity contribution in [1.29, 1.82) is 0 Å². The van der Waals surface area contributed by atoms with Crippen molar-refractivity contribution in [1.82, 2.24) is 19.7 Å². The summed E-state index contributed by atoms with van der Waals surface area (Å²) in [5.41, 5.74) is 3.60. The molecule has 5 nitrogen and oxygen atoms in total. The molecular formula is C25H24N4OS2. The molecule has 1 aliphatic heterocycles. The van der Waals surface area contributed by atoms with E-state index in [1.807, 2.05) is 36.1 Å². The van der Waals surface area contributed by atoms with Gasteiger partial charge in [0.25, 0.3) is 0 Å². The van der Waals surface area contributed by atoms with E-state index in [1.165, 1.54) is 27.8 Å². The molecule has 1 amide bonds. The Kier molecular flexibility index (Phi) is 6.10. The Bertz CT molecular complexity index is 1200. The van der Waals surface area contributed by atoms with Gasteiger partial charge in [0.1, 0.15) is 5.82 Å². The summed E-state index contributed by atoms with van der Waals surface area (Å²) in [7, 11) is 0. The van der Waals surface area contributed by atoms with Crippen molar-refractivity contribution in [3.05, 3.63) is 93.9 Å². The predicted octanol–water partition coefficient (Wildman–Crippen LogP) is 4.99. The predicted molar refractivity (Wildman–Crippen MR) is 129 cm³/mol. The van der Waals surface area contributed by atoms with E-state index in [1.54, 1.807) is 11.3 Å².